The lowest BCUT2D eigenvalue weighted by Gasteiger charge is -2.00. The van der Waals surface area contributed by atoms with Crippen molar-refractivity contribution in [2.75, 3.05) is 27.1 Å². The van der Waals surface area contributed by atoms with Gasteiger partial charge in [-0.2, -0.15) is 5.06 Å². The fourth-order valence-corrected chi connectivity index (χ4v) is 0.961. The van der Waals surface area contributed by atoms with E-state index in [0.29, 0.717) is 0 Å². The summed E-state index contributed by atoms with van der Waals surface area (Å²) in [6.07, 6.45) is 6.06. The molecular weight excluding hydrogens is 302 g/mol. The summed E-state index contributed by atoms with van der Waals surface area (Å²) >= 11 is 0. The number of methoxy groups -OCH3 is 1. The molecule has 1 heterocycles. The van der Waals surface area contributed by atoms with Crippen LogP contribution in [0.4, 0.5) is 0 Å². The van der Waals surface area contributed by atoms with Gasteiger partial charge < -0.3 is 19.3 Å². The lowest BCUT2D eigenvalue weighted by Crippen LogP contribution is -2.24. The number of ether oxygens (including phenoxy) is 3. The van der Waals surface area contributed by atoms with Crippen LogP contribution < -0.4 is 0 Å². The molecule has 0 unspecified atom stereocenters. The maximum absolute atomic E-state index is 10.6. The molecule has 0 aromatic rings. The summed E-state index contributed by atoms with van der Waals surface area (Å²) in [4.78, 5) is 41.1. The van der Waals surface area contributed by atoms with Crippen molar-refractivity contribution in [3.05, 3.63) is 0 Å². The normalized spacial score (nSPS) is 13.0. The van der Waals surface area contributed by atoms with Gasteiger partial charge in [-0.25, -0.2) is 4.79 Å². The molecule has 0 saturated carbocycles. The summed E-state index contributed by atoms with van der Waals surface area (Å²) in [5, 5.41) is 15.0. The van der Waals surface area contributed by atoms with Crippen LogP contribution in [0.25, 0.3) is 0 Å². The van der Waals surface area contributed by atoms with Crippen LogP contribution in [-0.4, -0.2) is 66.2 Å². The molecule has 10 nitrogen and oxygen atoms in total. The molecule has 1 aliphatic heterocycles. The van der Waals surface area contributed by atoms with Crippen molar-refractivity contribution in [2.45, 2.75) is 12.8 Å². The number of hydrogen-bond acceptors (Lipinski definition) is 8. The van der Waals surface area contributed by atoms with Gasteiger partial charge >= 0.3 is 11.9 Å². The summed E-state index contributed by atoms with van der Waals surface area (Å²) in [6, 6.07) is 0. The van der Waals surface area contributed by atoms with Gasteiger partial charge in [0.1, 0.15) is 14.8 Å². The van der Waals surface area contributed by atoms with E-state index in [9.17, 15) is 19.2 Å². The highest BCUT2D eigenvalue weighted by atomic mass is 16.7. The molecule has 0 atom stereocenters. The smallest absolute Gasteiger partial charge is 0.554 e. The summed E-state index contributed by atoms with van der Waals surface area (Å²) in [6.45, 7) is -0.819. The van der Waals surface area contributed by atoms with E-state index in [1.807, 2.05) is 0 Å². The van der Waals surface area contributed by atoms with Crippen molar-refractivity contribution in [1.29, 1.82) is 0 Å². The molecule has 0 aliphatic carbocycles. The Kier molecular flexibility index (Phi) is 12.0. The number of rotatable bonds is 6. The van der Waals surface area contributed by atoms with E-state index in [2.05, 4.69) is 20.6 Å². The zero-order valence-corrected chi connectivity index (χ0v) is 11.9. The lowest BCUT2D eigenvalue weighted by molar-refractivity contribution is -0.171. The number of hydroxylamine groups is 2. The van der Waals surface area contributed by atoms with Crippen LogP contribution in [0.15, 0.2) is 0 Å². The highest BCUT2D eigenvalue weighted by molar-refractivity contribution is 6.00. The van der Waals surface area contributed by atoms with Crippen molar-refractivity contribution in [2.24, 2.45) is 0 Å². The summed E-state index contributed by atoms with van der Waals surface area (Å²) in [5.74, 6) is -2.65. The first kappa shape index (κ1) is 19.5. The first-order chi connectivity index (χ1) is 10.8. The zero-order valence-electron chi connectivity index (χ0n) is 12.9. The van der Waals surface area contributed by atoms with Gasteiger partial charge in [0.15, 0.2) is 0 Å². The van der Waals surface area contributed by atoms with Crippen LogP contribution in [0.2, 0.25) is 0 Å². The first-order valence-electron chi connectivity index (χ1n) is 6.18. The molecule has 22 heavy (non-hydrogen) atoms. The van der Waals surface area contributed by atoms with E-state index < -0.39 is 30.4 Å². The van der Waals surface area contributed by atoms with Gasteiger partial charge in [0.2, 0.25) is 6.61 Å². The minimum atomic E-state index is -0.949. The lowest BCUT2D eigenvalue weighted by atomic mass is 10.4. The van der Waals surface area contributed by atoms with Crippen molar-refractivity contribution >= 4 is 23.8 Å². The molecule has 0 aromatic heterocycles. The van der Waals surface area contributed by atoms with Gasteiger partial charge in [0, 0.05) is 24.7 Å². The van der Waals surface area contributed by atoms with Gasteiger partial charge in [-0.3, -0.25) is 14.8 Å². The highest BCUT2D eigenvalue weighted by Crippen LogP contribution is 2.07. The van der Waals surface area contributed by atoms with Crippen LogP contribution in [0.1, 0.15) is 14.2 Å². The molecule has 2 amide bonds. The molecule has 1 saturated heterocycles. The number of nitrogens with zero attached hydrogens (tertiary/aromatic N) is 1. The monoisotopic (exact) mass is 321 g/mol. The highest BCUT2D eigenvalue weighted by Gasteiger charge is 2.26. The molecule has 0 radical (unpaired) electrons. The van der Waals surface area contributed by atoms with E-state index >= 15 is 0 Å². The van der Waals surface area contributed by atoms with Crippen LogP contribution in [-0.2, 0) is 33.4 Å². The van der Waals surface area contributed by atoms with Crippen LogP contribution in [0.3, 0.4) is 0 Å². The van der Waals surface area contributed by atoms with Gasteiger partial charge in [0.05, 0.1) is 0 Å². The van der Waals surface area contributed by atoms with E-state index in [0.717, 1.165) is 0 Å². The number of hydrogen-bond donors (Lipinski definition) is 1. The number of carbonyl (C=O) groups is 4. The Morgan fingerprint density at radius 2 is 1.86 bits per heavy atom. The Bertz CT molecular complexity index is 430. The Morgan fingerprint density at radius 1 is 1.36 bits per heavy atom. The third-order valence-corrected chi connectivity index (χ3v) is 1.81. The van der Waals surface area contributed by atoms with Crippen molar-refractivity contribution in [1.82, 2.24) is 5.06 Å². The van der Waals surface area contributed by atoms with Crippen LogP contribution in [0, 0.1) is 12.8 Å². The minimum absolute atomic E-state index is 0.01000. The predicted octanol–water partition coefficient (Wildman–Crippen LogP) is -1.82. The fraction of sp³-hybridized carbons (Fsp3) is 0.500. The SMILES string of the molecule is COCOCC(=O)OCC(=O)[OH2+].O=C1CCC(=O)N1O.[2H]C#C. The number of terminal acetylenes is 1. The third-order valence-electron chi connectivity index (χ3n) is 1.81. The second-order valence-electron chi connectivity index (χ2n) is 3.44. The zero-order chi connectivity index (χ0) is 18.3. The molecule has 0 aromatic carbocycles. The standard InChI is InChI=1S/C6H10O6.C4H5NO3.C2H2/c1-10-4-11-3-6(9)12-2-5(7)8;6-3-1-2-4(7)5(3)8;1-2/h2-4H2,1H3,(H,7,8);8H,1-2H2;1-2H/p+1/i;;1D. The number of esters is 1. The van der Waals surface area contributed by atoms with Crippen LogP contribution >= 0.6 is 0 Å². The fourth-order valence-electron chi connectivity index (χ4n) is 0.961. The Balaban J connectivity index is 0. The molecular formula is C12H18NO9+. The molecule has 124 valence electrons. The van der Waals surface area contributed by atoms with E-state index in [4.69, 9.17) is 11.7 Å². The van der Waals surface area contributed by atoms with Gasteiger partial charge in [-0.1, -0.05) is 0 Å². The quantitative estimate of drug-likeness (QED) is 0.114. The Morgan fingerprint density at radius 3 is 2.18 bits per heavy atom. The second kappa shape index (κ2) is 13.5. The molecule has 10 heteroatoms. The van der Waals surface area contributed by atoms with Crippen molar-refractivity contribution < 1.29 is 45.1 Å². The summed E-state index contributed by atoms with van der Waals surface area (Å²) in [7, 11) is 1.42. The van der Waals surface area contributed by atoms with Gasteiger partial charge in [-0.15, -0.1) is 12.8 Å². The van der Waals surface area contributed by atoms with Crippen LogP contribution in [0.5, 0.6) is 0 Å². The van der Waals surface area contributed by atoms with Gasteiger partial charge in [-0.05, 0) is 0 Å². The molecule has 1 rings (SSSR count). The maximum atomic E-state index is 10.6. The largest absolute Gasteiger partial charge is 0.562 e. The molecule has 1 fully saturated rings. The average Bonchev–Trinajstić information content (AvgIpc) is 2.78. The second-order valence-corrected chi connectivity index (χ2v) is 3.44. The maximum Gasteiger partial charge on any atom is 0.554 e. The van der Waals surface area contributed by atoms with E-state index in [1.54, 1.807) is 0 Å². The third kappa shape index (κ3) is 11.4. The Labute approximate surface area is 127 Å². The number of imide groups is 1. The Hall–Kier alpha value is -2.48. The number of amides is 2. The number of carbonyl (C=O) groups excluding carboxylic acids is 4. The molecule has 0 bridgehead atoms. The summed E-state index contributed by atoms with van der Waals surface area (Å²) < 4.78 is 19.1. The van der Waals surface area contributed by atoms with Crippen molar-refractivity contribution in [3.63, 3.8) is 0 Å². The predicted molar refractivity (Wildman–Crippen MR) is 70.2 cm³/mol. The molecule has 0 spiro atoms. The molecule has 1 aliphatic rings. The van der Waals surface area contributed by atoms with Gasteiger partial charge in [0.25, 0.3) is 11.8 Å². The minimum Gasteiger partial charge on any atom is -0.562 e. The molecule has 3 N–H and O–H groups in total. The van der Waals surface area contributed by atoms with E-state index in [1.165, 1.54) is 13.5 Å². The first-order valence-corrected chi connectivity index (χ1v) is 5.68. The average molecular weight is 321 g/mol. The van der Waals surface area contributed by atoms with E-state index in [-0.39, 0.29) is 31.3 Å². The summed E-state index contributed by atoms with van der Waals surface area (Å²) in [5.41, 5.74) is 0. The van der Waals surface area contributed by atoms with Crippen molar-refractivity contribution in [3.8, 4) is 12.8 Å². The topological polar surface area (TPSA) is 142 Å².